The van der Waals surface area contributed by atoms with Crippen LogP contribution in [0, 0.1) is 18.8 Å². The van der Waals surface area contributed by atoms with E-state index in [2.05, 4.69) is 0 Å². The van der Waals surface area contributed by atoms with E-state index in [9.17, 15) is 35.1 Å². The number of phenolic OH excluding ortho intramolecular Hbond substituents is 5. The van der Waals surface area contributed by atoms with E-state index in [1.807, 2.05) is 0 Å². The molecule has 4 atom stereocenters. The lowest BCUT2D eigenvalue weighted by molar-refractivity contribution is 0.0718. The first-order valence-electron chi connectivity index (χ1n) is 13.0. The van der Waals surface area contributed by atoms with Gasteiger partial charge in [0.05, 0.1) is 22.8 Å². The Balaban J connectivity index is 1.76. The minimum absolute atomic E-state index is 0.0126. The Morgan fingerprint density at radius 1 is 0.575 bits per heavy atom. The summed E-state index contributed by atoms with van der Waals surface area (Å²) >= 11 is 0. The Labute approximate surface area is 228 Å². The van der Waals surface area contributed by atoms with Crippen LogP contribution in [-0.2, 0) is 0 Å². The molecule has 9 heteroatoms. The van der Waals surface area contributed by atoms with Crippen LogP contribution in [0.25, 0.3) is 32.7 Å². The second kappa shape index (κ2) is 8.42. The number of ether oxygens (including phenoxy) is 2. The fraction of sp³-hybridized carbons (Fsp3) is 0.290. The van der Waals surface area contributed by atoms with Gasteiger partial charge in [-0.15, -0.1) is 0 Å². The highest BCUT2D eigenvalue weighted by Crippen LogP contribution is 2.54. The highest BCUT2D eigenvalue weighted by atomic mass is 16.5. The number of carbonyl (C=O) groups excluding carboxylic acids is 2. The van der Waals surface area contributed by atoms with Crippen LogP contribution in [0.2, 0.25) is 0 Å². The zero-order valence-corrected chi connectivity index (χ0v) is 22.5. The molecule has 40 heavy (non-hydrogen) atoms. The van der Waals surface area contributed by atoms with Crippen molar-refractivity contribution >= 4 is 33.1 Å². The molecule has 6 rings (SSSR count). The first-order valence-corrected chi connectivity index (χ1v) is 13.0. The quantitative estimate of drug-likeness (QED) is 0.203. The molecule has 2 aliphatic rings. The van der Waals surface area contributed by atoms with Gasteiger partial charge in [-0.1, -0.05) is 13.8 Å². The standard InChI is InChI=1S/C31H28O9/c1-10-13(4)39-21-6-15-23(12(3)24(21)29(10)36)17(32)8-18(33)25(15)26-16-7-22-28(30(37)11(2)14(5)40-22)31(38)27(16)20(35)9-19(26)34/h6-11,13-14,32-35,38H,1-5H3. The van der Waals surface area contributed by atoms with Gasteiger partial charge in [-0.3, -0.25) is 9.59 Å². The molecule has 206 valence electrons. The van der Waals surface area contributed by atoms with Gasteiger partial charge in [-0.05, 0) is 38.5 Å². The van der Waals surface area contributed by atoms with Crippen molar-refractivity contribution in [3.05, 3.63) is 41.0 Å². The summed E-state index contributed by atoms with van der Waals surface area (Å²) in [5.41, 5.74) is 0.760. The van der Waals surface area contributed by atoms with Gasteiger partial charge >= 0.3 is 0 Å². The largest absolute Gasteiger partial charge is 0.507 e. The molecule has 0 aromatic heterocycles. The molecule has 0 aliphatic carbocycles. The van der Waals surface area contributed by atoms with Crippen molar-refractivity contribution in [2.45, 2.75) is 46.8 Å². The summed E-state index contributed by atoms with van der Waals surface area (Å²) in [5, 5.41) is 55.8. The minimum Gasteiger partial charge on any atom is -0.507 e. The normalized spacial score (nSPS) is 22.1. The monoisotopic (exact) mass is 544 g/mol. The summed E-state index contributed by atoms with van der Waals surface area (Å²) in [6, 6.07) is 5.09. The molecule has 0 amide bonds. The molecule has 9 nitrogen and oxygen atoms in total. The fourth-order valence-electron chi connectivity index (χ4n) is 5.98. The van der Waals surface area contributed by atoms with E-state index in [0.717, 1.165) is 12.1 Å². The Morgan fingerprint density at radius 3 is 1.52 bits per heavy atom. The molecule has 2 aliphatic heterocycles. The zero-order chi connectivity index (χ0) is 28.9. The van der Waals surface area contributed by atoms with Gasteiger partial charge in [0.25, 0.3) is 0 Å². The van der Waals surface area contributed by atoms with Gasteiger partial charge in [-0.2, -0.15) is 0 Å². The molecular formula is C31H28O9. The van der Waals surface area contributed by atoms with Crippen LogP contribution in [0.3, 0.4) is 0 Å². The number of phenols is 5. The van der Waals surface area contributed by atoms with Crippen LogP contribution in [-0.4, -0.2) is 49.3 Å². The molecule has 0 radical (unpaired) electrons. The smallest absolute Gasteiger partial charge is 0.176 e. The van der Waals surface area contributed by atoms with Gasteiger partial charge in [0.15, 0.2) is 11.6 Å². The highest BCUT2D eigenvalue weighted by molar-refractivity contribution is 6.19. The number of ketones is 2. The van der Waals surface area contributed by atoms with Crippen molar-refractivity contribution in [3.63, 3.8) is 0 Å². The number of aromatic hydroxyl groups is 5. The predicted molar refractivity (Wildman–Crippen MR) is 147 cm³/mol. The Bertz CT molecular complexity index is 1690. The first kappa shape index (κ1) is 25.6. The molecule has 5 N–H and O–H groups in total. The topological polar surface area (TPSA) is 154 Å². The molecule has 4 unspecified atom stereocenters. The molecule has 0 spiro atoms. The summed E-state index contributed by atoms with van der Waals surface area (Å²) < 4.78 is 12.0. The number of benzene rings is 4. The maximum Gasteiger partial charge on any atom is 0.176 e. The van der Waals surface area contributed by atoms with Gasteiger partial charge in [-0.25, -0.2) is 0 Å². The molecule has 4 aromatic carbocycles. The third kappa shape index (κ3) is 3.27. The molecule has 0 saturated carbocycles. The van der Waals surface area contributed by atoms with Crippen molar-refractivity contribution in [2.24, 2.45) is 11.8 Å². The van der Waals surface area contributed by atoms with Crippen LogP contribution < -0.4 is 9.47 Å². The van der Waals surface area contributed by atoms with Gasteiger partial charge in [0, 0.05) is 39.4 Å². The maximum atomic E-state index is 13.2. The van der Waals surface area contributed by atoms with Crippen molar-refractivity contribution in [2.75, 3.05) is 0 Å². The maximum absolute atomic E-state index is 13.2. The van der Waals surface area contributed by atoms with Crippen LogP contribution in [0.1, 0.15) is 54.0 Å². The van der Waals surface area contributed by atoms with Crippen molar-refractivity contribution < 1.29 is 44.6 Å². The van der Waals surface area contributed by atoms with Gasteiger partial charge in [0.1, 0.15) is 58.0 Å². The van der Waals surface area contributed by atoms with E-state index in [0.29, 0.717) is 11.1 Å². The van der Waals surface area contributed by atoms with E-state index in [1.165, 1.54) is 12.1 Å². The second-order valence-corrected chi connectivity index (χ2v) is 10.8. The number of aryl methyl sites for hydroxylation is 1. The summed E-state index contributed by atoms with van der Waals surface area (Å²) in [6.07, 6.45) is -0.918. The lowest BCUT2D eigenvalue weighted by atomic mass is 9.83. The van der Waals surface area contributed by atoms with Crippen LogP contribution in [0.4, 0.5) is 0 Å². The third-order valence-electron chi connectivity index (χ3n) is 8.52. The number of fused-ring (bicyclic) bond motifs is 4. The molecule has 4 aromatic rings. The van der Waals surface area contributed by atoms with Crippen LogP contribution in [0.5, 0.6) is 40.2 Å². The molecule has 0 bridgehead atoms. The summed E-state index contributed by atoms with van der Waals surface area (Å²) in [7, 11) is 0. The molecule has 2 heterocycles. The van der Waals surface area contributed by atoms with Crippen molar-refractivity contribution in [3.8, 4) is 51.4 Å². The summed E-state index contributed by atoms with van der Waals surface area (Å²) in [4.78, 5) is 26.3. The van der Waals surface area contributed by atoms with Gasteiger partial charge < -0.3 is 35.0 Å². The van der Waals surface area contributed by atoms with E-state index in [1.54, 1.807) is 34.6 Å². The minimum atomic E-state index is -0.540. The number of hydrogen-bond donors (Lipinski definition) is 5. The van der Waals surface area contributed by atoms with Crippen LogP contribution in [0.15, 0.2) is 24.3 Å². The Hall–Kier alpha value is -4.66. The number of Topliss-reactive ketones (excluding diaryl/α,β-unsaturated/α-hetero) is 2. The average Bonchev–Trinajstić information content (AvgIpc) is 2.86. The van der Waals surface area contributed by atoms with Gasteiger partial charge in [0.2, 0.25) is 0 Å². The van der Waals surface area contributed by atoms with E-state index < -0.39 is 47.0 Å². The summed E-state index contributed by atoms with van der Waals surface area (Å²) in [6.45, 7) is 8.62. The number of hydrogen-bond acceptors (Lipinski definition) is 9. The van der Waals surface area contributed by atoms with E-state index >= 15 is 0 Å². The molecular weight excluding hydrogens is 516 g/mol. The van der Waals surface area contributed by atoms with E-state index in [4.69, 9.17) is 9.47 Å². The predicted octanol–water partition coefficient (Wildman–Crippen LogP) is 5.70. The average molecular weight is 545 g/mol. The SMILES string of the molecule is Cc1c2c(cc3c(-c4c(O)cc(O)c5c(O)c6c(cc45)OC(C)C(C)C6=O)c(O)cc(O)c13)OC(C)C(C)C2=O. The molecule has 0 fully saturated rings. The summed E-state index contributed by atoms with van der Waals surface area (Å²) in [5.74, 6) is -3.23. The zero-order valence-electron chi connectivity index (χ0n) is 22.5. The number of carbonyl (C=O) groups is 2. The lowest BCUT2D eigenvalue weighted by Gasteiger charge is -2.30. The Kier molecular flexibility index (Phi) is 5.39. The van der Waals surface area contributed by atoms with Crippen molar-refractivity contribution in [1.82, 2.24) is 0 Å². The number of rotatable bonds is 1. The Morgan fingerprint density at radius 2 is 1.00 bits per heavy atom. The molecule has 0 saturated heterocycles. The van der Waals surface area contributed by atoms with Crippen molar-refractivity contribution in [1.29, 1.82) is 0 Å². The second-order valence-electron chi connectivity index (χ2n) is 10.8. The highest BCUT2D eigenvalue weighted by Gasteiger charge is 2.37. The van der Waals surface area contributed by atoms with E-state index in [-0.39, 0.29) is 67.1 Å². The fourth-order valence-corrected chi connectivity index (χ4v) is 5.98. The lowest BCUT2D eigenvalue weighted by Crippen LogP contribution is -2.34. The van der Waals surface area contributed by atoms with Crippen LogP contribution >= 0.6 is 0 Å². The first-order chi connectivity index (χ1) is 18.8. The third-order valence-corrected chi connectivity index (χ3v) is 8.52.